The molecular weight excluding hydrogens is 324 g/mol. The van der Waals surface area contributed by atoms with Gasteiger partial charge in [0, 0.05) is 28.2 Å². The molecule has 0 fully saturated rings. The summed E-state index contributed by atoms with van der Waals surface area (Å²) in [6, 6.07) is 17.7. The van der Waals surface area contributed by atoms with Gasteiger partial charge in [-0.25, -0.2) is 0 Å². The maximum absolute atomic E-state index is 12.9. The number of hydrogen-bond acceptors (Lipinski definition) is 2. The highest BCUT2D eigenvalue weighted by Gasteiger charge is 2.29. The van der Waals surface area contributed by atoms with E-state index in [1.165, 1.54) is 0 Å². The molecule has 0 atom stereocenters. The van der Waals surface area contributed by atoms with Gasteiger partial charge in [-0.15, -0.1) is 0 Å². The van der Waals surface area contributed by atoms with Crippen LogP contribution in [0.4, 0.5) is 5.69 Å². The smallest absolute Gasteiger partial charge is 0.257 e. The summed E-state index contributed by atoms with van der Waals surface area (Å²) in [4.78, 5) is 16.3. The Labute approximate surface area is 152 Å². The number of anilines is 1. The number of para-hydroxylation sites is 1. The number of benzene rings is 2. The molecular formula is C22H20N2O2. The van der Waals surface area contributed by atoms with Crippen molar-refractivity contribution in [2.24, 2.45) is 0 Å². The number of rotatable bonds is 3. The predicted molar refractivity (Wildman–Crippen MR) is 104 cm³/mol. The zero-order valence-electron chi connectivity index (χ0n) is 15.0. The minimum Gasteiger partial charge on any atom is -0.497 e. The number of ether oxygens (including phenoxy) is 1. The number of hydrogen-bond donors (Lipinski definition) is 2. The normalized spacial score (nSPS) is 14.8. The second-order valence-corrected chi connectivity index (χ2v) is 6.49. The second-order valence-electron chi connectivity index (χ2n) is 6.49. The van der Waals surface area contributed by atoms with Gasteiger partial charge in [0.15, 0.2) is 0 Å². The van der Waals surface area contributed by atoms with Gasteiger partial charge in [-0.1, -0.05) is 30.3 Å². The van der Waals surface area contributed by atoms with E-state index in [-0.39, 0.29) is 5.91 Å². The van der Waals surface area contributed by atoms with Gasteiger partial charge in [-0.3, -0.25) is 4.79 Å². The molecule has 4 nitrogen and oxygen atoms in total. The van der Waals surface area contributed by atoms with Gasteiger partial charge in [0.2, 0.25) is 0 Å². The first-order chi connectivity index (χ1) is 12.6. The van der Waals surface area contributed by atoms with Crippen molar-refractivity contribution in [1.82, 2.24) is 4.98 Å². The van der Waals surface area contributed by atoms with Gasteiger partial charge in [0.25, 0.3) is 5.91 Å². The fourth-order valence-corrected chi connectivity index (χ4v) is 3.53. The molecule has 1 aromatic heterocycles. The number of H-pyrrole nitrogens is 1. The number of nitrogens with one attached hydrogen (secondary N) is 2. The van der Waals surface area contributed by atoms with E-state index in [1.807, 2.05) is 55.5 Å². The van der Waals surface area contributed by atoms with Crippen LogP contribution in [0.2, 0.25) is 0 Å². The highest BCUT2D eigenvalue weighted by molar-refractivity contribution is 6.38. The minimum absolute atomic E-state index is 0.0799. The number of methoxy groups -OCH3 is 1. The summed E-state index contributed by atoms with van der Waals surface area (Å²) in [6.07, 6.45) is 0. The molecule has 0 spiro atoms. The fraction of sp³-hybridized carbons (Fsp3) is 0.136. The summed E-state index contributed by atoms with van der Waals surface area (Å²) in [5.74, 6) is 0.706. The number of carbonyl (C=O) groups excluding carboxylic acids is 1. The molecule has 1 aliphatic rings. The molecule has 2 aromatic carbocycles. The first-order valence-electron chi connectivity index (χ1n) is 8.54. The molecule has 0 saturated heterocycles. The van der Waals surface area contributed by atoms with E-state index in [9.17, 15) is 4.79 Å². The Morgan fingerprint density at radius 2 is 1.73 bits per heavy atom. The Morgan fingerprint density at radius 3 is 2.38 bits per heavy atom. The molecule has 4 heteroatoms. The van der Waals surface area contributed by atoms with Crippen molar-refractivity contribution in [1.29, 1.82) is 0 Å². The highest BCUT2D eigenvalue weighted by atomic mass is 16.5. The Kier molecular flexibility index (Phi) is 3.88. The van der Waals surface area contributed by atoms with Crippen LogP contribution in [0, 0.1) is 13.8 Å². The van der Waals surface area contributed by atoms with Crippen LogP contribution in [0.25, 0.3) is 11.1 Å². The second kappa shape index (κ2) is 6.23. The SMILES string of the molecule is COc1ccc(C(=C2C(=O)Nc3ccccc32)c2[nH]c(C)cc2C)cc1. The average Bonchev–Trinajstić information content (AvgIpc) is 3.15. The molecule has 1 amide bonds. The average molecular weight is 344 g/mol. The molecule has 3 aromatic rings. The third-order valence-corrected chi connectivity index (χ3v) is 4.70. The van der Waals surface area contributed by atoms with Crippen LogP contribution in [0.5, 0.6) is 5.75 Å². The van der Waals surface area contributed by atoms with Crippen LogP contribution < -0.4 is 10.1 Å². The van der Waals surface area contributed by atoms with Crippen molar-refractivity contribution in [3.8, 4) is 5.75 Å². The molecule has 0 aliphatic carbocycles. The first kappa shape index (κ1) is 16.2. The molecule has 1 aliphatic heterocycles. The number of amides is 1. The zero-order valence-corrected chi connectivity index (χ0v) is 15.0. The van der Waals surface area contributed by atoms with Crippen molar-refractivity contribution >= 4 is 22.7 Å². The van der Waals surface area contributed by atoms with Gasteiger partial charge in [0.05, 0.1) is 12.7 Å². The van der Waals surface area contributed by atoms with E-state index in [4.69, 9.17) is 4.74 Å². The summed E-state index contributed by atoms with van der Waals surface area (Å²) < 4.78 is 5.28. The number of carbonyl (C=O) groups is 1. The van der Waals surface area contributed by atoms with E-state index in [0.717, 1.165) is 45.1 Å². The van der Waals surface area contributed by atoms with Crippen molar-refractivity contribution < 1.29 is 9.53 Å². The Hall–Kier alpha value is -3.27. The molecule has 0 radical (unpaired) electrons. The van der Waals surface area contributed by atoms with Gasteiger partial charge < -0.3 is 15.0 Å². The Balaban J connectivity index is 2.03. The van der Waals surface area contributed by atoms with Gasteiger partial charge >= 0.3 is 0 Å². The van der Waals surface area contributed by atoms with Crippen molar-refractivity contribution in [2.75, 3.05) is 12.4 Å². The third kappa shape index (κ3) is 2.60. The topological polar surface area (TPSA) is 54.1 Å². The van der Waals surface area contributed by atoms with E-state index in [2.05, 4.69) is 23.3 Å². The molecule has 4 rings (SSSR count). The summed E-state index contributed by atoms with van der Waals surface area (Å²) in [5, 5.41) is 2.98. The van der Waals surface area contributed by atoms with Crippen molar-refractivity contribution in [3.05, 3.63) is 82.7 Å². The maximum Gasteiger partial charge on any atom is 0.257 e. The largest absolute Gasteiger partial charge is 0.497 e. The summed E-state index contributed by atoms with van der Waals surface area (Å²) >= 11 is 0. The van der Waals surface area contributed by atoms with Gasteiger partial charge in [-0.05, 0) is 49.2 Å². The lowest BCUT2D eigenvalue weighted by Gasteiger charge is -2.13. The van der Waals surface area contributed by atoms with Crippen LogP contribution in [0.1, 0.15) is 28.1 Å². The molecule has 26 heavy (non-hydrogen) atoms. The van der Waals surface area contributed by atoms with Crippen LogP contribution in [-0.4, -0.2) is 18.0 Å². The molecule has 0 saturated carbocycles. The van der Waals surface area contributed by atoms with Gasteiger partial charge in [-0.2, -0.15) is 0 Å². The molecule has 0 bridgehead atoms. The zero-order chi connectivity index (χ0) is 18.3. The molecule has 130 valence electrons. The monoisotopic (exact) mass is 344 g/mol. The van der Waals surface area contributed by atoms with Gasteiger partial charge in [0.1, 0.15) is 5.75 Å². The minimum atomic E-state index is -0.0799. The molecule has 0 unspecified atom stereocenters. The lowest BCUT2D eigenvalue weighted by Crippen LogP contribution is -2.07. The highest BCUT2D eigenvalue weighted by Crippen LogP contribution is 2.40. The summed E-state index contributed by atoms with van der Waals surface area (Å²) in [6.45, 7) is 4.08. The third-order valence-electron chi connectivity index (χ3n) is 4.70. The standard InChI is InChI=1S/C22H20N2O2/c1-13-12-14(2)23-21(13)19(15-8-10-16(26-3)11-9-15)20-17-6-4-5-7-18(17)24-22(20)25/h4-12,23H,1-3H3,(H,24,25). The molecule has 2 heterocycles. The number of fused-ring (bicyclic) bond motifs is 1. The number of aromatic amines is 1. The number of aromatic nitrogens is 1. The van der Waals surface area contributed by atoms with E-state index < -0.39 is 0 Å². The van der Waals surface area contributed by atoms with Crippen LogP contribution in [-0.2, 0) is 4.79 Å². The van der Waals surface area contributed by atoms with E-state index in [0.29, 0.717) is 5.57 Å². The first-order valence-corrected chi connectivity index (χ1v) is 8.54. The van der Waals surface area contributed by atoms with Crippen LogP contribution in [0.15, 0.2) is 54.6 Å². The summed E-state index contributed by atoms with van der Waals surface area (Å²) in [5.41, 5.74) is 7.48. The molecule has 2 N–H and O–H groups in total. The lowest BCUT2D eigenvalue weighted by molar-refractivity contribution is -0.110. The fourth-order valence-electron chi connectivity index (χ4n) is 3.53. The van der Waals surface area contributed by atoms with E-state index in [1.54, 1.807) is 7.11 Å². The maximum atomic E-state index is 12.9. The van der Waals surface area contributed by atoms with E-state index >= 15 is 0 Å². The van der Waals surface area contributed by atoms with Crippen molar-refractivity contribution in [2.45, 2.75) is 13.8 Å². The predicted octanol–water partition coefficient (Wildman–Crippen LogP) is 4.55. The quantitative estimate of drug-likeness (QED) is 0.685. The lowest BCUT2D eigenvalue weighted by atomic mass is 9.91. The Morgan fingerprint density at radius 1 is 1.00 bits per heavy atom. The van der Waals surface area contributed by atoms with Crippen LogP contribution in [0.3, 0.4) is 0 Å². The number of aryl methyl sites for hydroxylation is 2. The summed E-state index contributed by atoms with van der Waals surface area (Å²) in [7, 11) is 1.65. The van der Waals surface area contributed by atoms with Crippen LogP contribution >= 0.6 is 0 Å². The Bertz CT molecular complexity index is 1030. The van der Waals surface area contributed by atoms with Crippen molar-refractivity contribution in [3.63, 3.8) is 0 Å².